The zero-order valence-electron chi connectivity index (χ0n) is 18.7. The molecule has 0 saturated carbocycles. The topological polar surface area (TPSA) is 136 Å². The standard InChI is InChI=1S/C22H31N5O6/c28-17-7-8-18(29)26-10-2-5-15(26)21(32)24-13-20(31)27-11-3-6-16(27)22(33)23-12-19(30)25-9-1-4-14(17)25/h14-16H,1-13H2,(H,23,33)(H,24,32)/t14-,15-,16?/m0/s1. The molecule has 180 valence electrons. The number of hydrogen-bond donors (Lipinski definition) is 2. The Labute approximate surface area is 192 Å². The maximum atomic E-state index is 12.8. The summed E-state index contributed by atoms with van der Waals surface area (Å²) >= 11 is 0. The Bertz CT molecular complexity index is 685. The number of Topliss-reactive ketones (excluding diaryl/α,β-unsaturated/α-hetero) is 1. The van der Waals surface area contributed by atoms with E-state index in [0.717, 1.165) is 0 Å². The van der Waals surface area contributed by atoms with Gasteiger partial charge in [-0.25, -0.2) is 0 Å². The largest absolute Gasteiger partial charge is 0.345 e. The summed E-state index contributed by atoms with van der Waals surface area (Å²) in [7, 11) is 0. The average Bonchev–Trinajstić information content (AvgIpc) is 3.57. The van der Waals surface area contributed by atoms with Crippen molar-refractivity contribution in [3.8, 4) is 0 Å². The third-order valence-corrected chi connectivity index (χ3v) is 7.11. The van der Waals surface area contributed by atoms with Gasteiger partial charge in [0.2, 0.25) is 29.5 Å². The van der Waals surface area contributed by atoms with Crippen LogP contribution < -0.4 is 10.6 Å². The van der Waals surface area contributed by atoms with Crippen LogP contribution in [0.2, 0.25) is 0 Å². The molecule has 33 heavy (non-hydrogen) atoms. The van der Waals surface area contributed by atoms with Crippen LogP contribution in [0.25, 0.3) is 0 Å². The van der Waals surface area contributed by atoms with E-state index in [1.54, 1.807) is 0 Å². The molecule has 0 aromatic heterocycles. The van der Waals surface area contributed by atoms with E-state index >= 15 is 0 Å². The lowest BCUT2D eigenvalue weighted by Gasteiger charge is -2.28. The van der Waals surface area contributed by atoms with Crippen molar-refractivity contribution in [1.29, 1.82) is 0 Å². The van der Waals surface area contributed by atoms with Gasteiger partial charge in [0.25, 0.3) is 0 Å². The van der Waals surface area contributed by atoms with Crippen molar-refractivity contribution in [2.75, 3.05) is 32.7 Å². The molecule has 0 radical (unpaired) electrons. The molecule has 3 atom stereocenters. The second-order valence-electron chi connectivity index (χ2n) is 9.14. The molecule has 4 aliphatic heterocycles. The van der Waals surface area contributed by atoms with Crippen LogP contribution in [0, 0.1) is 0 Å². The molecule has 1 unspecified atom stereocenters. The molecule has 11 heteroatoms. The third kappa shape index (κ3) is 4.86. The molecule has 0 bridgehead atoms. The van der Waals surface area contributed by atoms with Crippen LogP contribution in [-0.4, -0.2) is 101 Å². The Morgan fingerprint density at radius 3 is 1.48 bits per heavy atom. The van der Waals surface area contributed by atoms with Gasteiger partial charge in [0.05, 0.1) is 19.1 Å². The van der Waals surface area contributed by atoms with Crippen molar-refractivity contribution in [2.45, 2.75) is 69.5 Å². The Hall–Kier alpha value is -2.98. The van der Waals surface area contributed by atoms with Crippen molar-refractivity contribution >= 4 is 35.3 Å². The molecule has 4 rings (SSSR count). The van der Waals surface area contributed by atoms with Gasteiger partial charge in [-0.2, -0.15) is 0 Å². The lowest BCUT2D eigenvalue weighted by Crippen LogP contribution is -2.53. The Morgan fingerprint density at radius 1 is 0.545 bits per heavy atom. The van der Waals surface area contributed by atoms with Crippen LogP contribution in [0.1, 0.15) is 51.4 Å². The third-order valence-electron chi connectivity index (χ3n) is 7.11. The predicted octanol–water partition coefficient (Wildman–Crippen LogP) is -1.45. The van der Waals surface area contributed by atoms with Gasteiger partial charge in [-0.05, 0) is 38.5 Å². The first kappa shape index (κ1) is 23.2. The quantitative estimate of drug-likeness (QED) is 0.453. The summed E-state index contributed by atoms with van der Waals surface area (Å²) < 4.78 is 0. The van der Waals surface area contributed by atoms with E-state index in [1.807, 2.05) is 0 Å². The molecular formula is C22H31N5O6. The molecule has 0 aromatic carbocycles. The summed E-state index contributed by atoms with van der Waals surface area (Å²) in [5.74, 6) is -1.94. The highest BCUT2D eigenvalue weighted by molar-refractivity contribution is 5.96. The van der Waals surface area contributed by atoms with Crippen LogP contribution in [-0.2, 0) is 28.8 Å². The van der Waals surface area contributed by atoms with E-state index in [4.69, 9.17) is 0 Å². The summed E-state index contributed by atoms with van der Waals surface area (Å²) in [6, 6.07) is -1.95. The second-order valence-corrected chi connectivity index (χ2v) is 9.14. The maximum absolute atomic E-state index is 12.8. The van der Waals surface area contributed by atoms with Crippen molar-refractivity contribution in [2.24, 2.45) is 0 Å². The zero-order valence-corrected chi connectivity index (χ0v) is 18.7. The number of fused-ring (bicyclic) bond motifs is 3. The van der Waals surface area contributed by atoms with Gasteiger partial charge >= 0.3 is 0 Å². The minimum Gasteiger partial charge on any atom is -0.345 e. The van der Waals surface area contributed by atoms with Crippen LogP contribution in [0.15, 0.2) is 0 Å². The van der Waals surface area contributed by atoms with E-state index in [2.05, 4.69) is 10.6 Å². The van der Waals surface area contributed by atoms with Gasteiger partial charge < -0.3 is 25.3 Å². The fourth-order valence-corrected chi connectivity index (χ4v) is 5.38. The number of hydrogen-bond acceptors (Lipinski definition) is 6. The Balaban J connectivity index is 1.53. The van der Waals surface area contributed by atoms with Crippen molar-refractivity contribution in [3.63, 3.8) is 0 Å². The number of carbonyl (C=O) groups excluding carboxylic acids is 6. The summed E-state index contributed by atoms with van der Waals surface area (Å²) in [5, 5.41) is 5.24. The maximum Gasteiger partial charge on any atom is 0.243 e. The summed E-state index contributed by atoms with van der Waals surface area (Å²) in [5.41, 5.74) is 0. The van der Waals surface area contributed by atoms with E-state index in [1.165, 1.54) is 14.7 Å². The van der Waals surface area contributed by atoms with E-state index in [9.17, 15) is 28.8 Å². The molecule has 5 amide bonds. The van der Waals surface area contributed by atoms with Gasteiger partial charge in [0.15, 0.2) is 5.78 Å². The molecule has 11 nitrogen and oxygen atoms in total. The lowest BCUT2D eigenvalue weighted by molar-refractivity contribution is -0.143. The van der Waals surface area contributed by atoms with Crippen LogP contribution >= 0.6 is 0 Å². The van der Waals surface area contributed by atoms with Gasteiger partial charge in [0, 0.05) is 32.5 Å². The van der Waals surface area contributed by atoms with Crippen molar-refractivity contribution < 1.29 is 28.8 Å². The van der Waals surface area contributed by atoms with Gasteiger partial charge in [0.1, 0.15) is 12.1 Å². The first-order valence-electron chi connectivity index (χ1n) is 11.8. The summed E-state index contributed by atoms with van der Waals surface area (Å²) in [4.78, 5) is 80.9. The number of rotatable bonds is 0. The van der Waals surface area contributed by atoms with Crippen LogP contribution in [0.5, 0.6) is 0 Å². The molecule has 4 aliphatic rings. The highest BCUT2D eigenvalue weighted by Gasteiger charge is 2.39. The number of nitrogens with zero attached hydrogens (tertiary/aromatic N) is 3. The second kappa shape index (κ2) is 9.88. The van der Waals surface area contributed by atoms with Crippen molar-refractivity contribution in [3.05, 3.63) is 0 Å². The fourth-order valence-electron chi connectivity index (χ4n) is 5.38. The van der Waals surface area contributed by atoms with Crippen LogP contribution in [0.3, 0.4) is 0 Å². The molecule has 4 saturated heterocycles. The molecule has 4 heterocycles. The highest BCUT2D eigenvalue weighted by Crippen LogP contribution is 2.23. The molecule has 4 fully saturated rings. The first-order valence-corrected chi connectivity index (χ1v) is 11.8. The number of nitrogens with one attached hydrogen (secondary N) is 2. The molecule has 0 aromatic rings. The Kier molecular flexibility index (Phi) is 6.94. The molecule has 0 spiro atoms. The number of ketones is 1. The smallest absolute Gasteiger partial charge is 0.243 e. The van der Waals surface area contributed by atoms with Gasteiger partial charge in [-0.1, -0.05) is 0 Å². The zero-order chi connectivity index (χ0) is 23.5. The fraction of sp³-hybridized carbons (Fsp3) is 0.727. The Morgan fingerprint density at radius 2 is 0.970 bits per heavy atom. The molecular weight excluding hydrogens is 430 g/mol. The summed E-state index contributed by atoms with van der Waals surface area (Å²) in [6.07, 6.45) is 3.50. The minimum atomic E-state index is -0.693. The summed E-state index contributed by atoms with van der Waals surface area (Å²) in [6.45, 7) is 0.765. The molecule has 0 aliphatic carbocycles. The lowest BCUT2D eigenvalue weighted by atomic mass is 10.0. The highest BCUT2D eigenvalue weighted by atomic mass is 16.2. The van der Waals surface area contributed by atoms with E-state index < -0.39 is 29.9 Å². The monoisotopic (exact) mass is 461 g/mol. The average molecular weight is 462 g/mol. The first-order chi connectivity index (χ1) is 15.9. The van der Waals surface area contributed by atoms with Gasteiger partial charge in [-0.3, -0.25) is 28.8 Å². The van der Waals surface area contributed by atoms with E-state index in [-0.39, 0.29) is 49.4 Å². The minimum absolute atomic E-state index is 0.00000181. The van der Waals surface area contributed by atoms with E-state index in [0.29, 0.717) is 58.2 Å². The van der Waals surface area contributed by atoms with Crippen molar-refractivity contribution in [1.82, 2.24) is 25.3 Å². The molecule has 2 N–H and O–H groups in total. The number of carbonyl (C=O) groups is 6. The van der Waals surface area contributed by atoms with Crippen LogP contribution in [0.4, 0.5) is 0 Å². The SMILES string of the molecule is O=C1NCC(=O)N2CCC[C@H]2C(=O)CCC(=O)N2CCC[C@H]2C(=O)NCC(=O)N2CCCC12. The van der Waals surface area contributed by atoms with Gasteiger partial charge in [-0.15, -0.1) is 0 Å². The number of amides is 5. The normalized spacial score (nSPS) is 30.4. The predicted molar refractivity (Wildman–Crippen MR) is 114 cm³/mol.